The Morgan fingerprint density at radius 2 is 1.60 bits per heavy atom. The summed E-state index contributed by atoms with van der Waals surface area (Å²) in [4.78, 5) is 0. The molecule has 3 heteroatoms. The highest BCUT2D eigenvalue weighted by molar-refractivity contribution is 5.98. The highest BCUT2D eigenvalue weighted by atomic mass is 79.9. The number of rotatable bonds is 0. The molecule has 2 aromatic carbocycles. The molecule has 0 amide bonds. The number of halogens is 1. The first kappa shape index (κ1) is 12.9. The minimum Gasteiger partial charge on any atom is -1.00 e. The monoisotopic (exact) mass is 325 g/mol. The lowest BCUT2D eigenvalue weighted by molar-refractivity contribution is -0.509. The average molecular weight is 326 g/mol. The van der Waals surface area contributed by atoms with E-state index in [0.717, 1.165) is 16.3 Å². The summed E-state index contributed by atoms with van der Waals surface area (Å²) in [6.07, 6.45) is 4.01. The van der Waals surface area contributed by atoms with Crippen molar-refractivity contribution in [2.45, 2.75) is 0 Å². The summed E-state index contributed by atoms with van der Waals surface area (Å²) in [5.41, 5.74) is 1.15. The molecule has 0 aliphatic rings. The van der Waals surface area contributed by atoms with Gasteiger partial charge in [0.2, 0.25) is 5.52 Å². The Kier molecular flexibility index (Phi) is 3.07. The van der Waals surface area contributed by atoms with Crippen LogP contribution >= 0.6 is 0 Å². The van der Waals surface area contributed by atoms with E-state index in [1.807, 2.05) is 30.6 Å². The Hall–Kier alpha value is -2.13. The van der Waals surface area contributed by atoms with Crippen LogP contribution in [0.3, 0.4) is 0 Å². The average Bonchev–Trinajstić information content (AvgIpc) is 2.46. The smallest absolute Gasteiger partial charge is 0.219 e. The lowest BCUT2D eigenvalue weighted by atomic mass is 10.1. The zero-order chi connectivity index (χ0) is 12.8. The maximum absolute atomic E-state index is 9.93. The van der Waals surface area contributed by atoms with Crippen LogP contribution in [0.2, 0.25) is 0 Å². The SMILES string of the molecule is Oc1cccc2cc3c4ccccc4cc[n+]3cc12.[Br-]. The summed E-state index contributed by atoms with van der Waals surface area (Å²) in [5.74, 6) is 0.319. The zero-order valence-corrected chi connectivity index (χ0v) is 12.2. The molecular weight excluding hydrogens is 314 g/mol. The number of benzene rings is 2. The van der Waals surface area contributed by atoms with Crippen LogP contribution in [0, 0.1) is 0 Å². The van der Waals surface area contributed by atoms with Crippen molar-refractivity contribution in [1.29, 1.82) is 0 Å². The van der Waals surface area contributed by atoms with Crippen LogP contribution in [0.5, 0.6) is 5.75 Å². The second-order valence-corrected chi connectivity index (χ2v) is 4.75. The minimum atomic E-state index is 0. The third-order valence-corrected chi connectivity index (χ3v) is 3.61. The number of phenols is 1. The molecule has 2 nitrogen and oxygen atoms in total. The maximum Gasteiger partial charge on any atom is 0.219 e. The number of hydrogen-bond donors (Lipinski definition) is 1. The van der Waals surface area contributed by atoms with Crippen molar-refractivity contribution in [3.05, 3.63) is 67.0 Å². The van der Waals surface area contributed by atoms with Crippen molar-refractivity contribution in [3.8, 4) is 5.75 Å². The fourth-order valence-corrected chi connectivity index (χ4v) is 2.64. The highest BCUT2D eigenvalue weighted by Gasteiger charge is 2.11. The quantitative estimate of drug-likeness (QED) is 0.283. The van der Waals surface area contributed by atoms with E-state index in [-0.39, 0.29) is 17.0 Å². The molecule has 4 rings (SSSR count). The molecule has 0 aliphatic heterocycles. The second-order valence-electron chi connectivity index (χ2n) is 4.75. The Labute approximate surface area is 126 Å². The Morgan fingerprint density at radius 1 is 0.800 bits per heavy atom. The number of pyridine rings is 2. The van der Waals surface area contributed by atoms with Gasteiger partial charge in [0.05, 0.1) is 10.8 Å². The molecule has 0 bridgehead atoms. The Balaban J connectivity index is 0.00000121. The first-order valence-electron chi connectivity index (χ1n) is 6.27. The topological polar surface area (TPSA) is 24.3 Å². The van der Waals surface area contributed by atoms with Gasteiger partial charge >= 0.3 is 0 Å². The van der Waals surface area contributed by atoms with Crippen LogP contribution in [0.25, 0.3) is 27.1 Å². The summed E-state index contributed by atoms with van der Waals surface area (Å²) in [6, 6.07) is 18.2. The van der Waals surface area contributed by atoms with E-state index in [4.69, 9.17) is 0 Å². The molecule has 0 spiro atoms. The van der Waals surface area contributed by atoms with Gasteiger partial charge in [0.15, 0.2) is 12.4 Å². The fourth-order valence-electron chi connectivity index (χ4n) is 2.64. The molecule has 2 aromatic heterocycles. The van der Waals surface area contributed by atoms with Crippen LogP contribution in [-0.2, 0) is 0 Å². The van der Waals surface area contributed by atoms with Gasteiger partial charge < -0.3 is 22.1 Å². The van der Waals surface area contributed by atoms with E-state index in [2.05, 4.69) is 34.7 Å². The summed E-state index contributed by atoms with van der Waals surface area (Å²) in [5, 5.41) is 14.3. The number of aromatic nitrogens is 1. The molecule has 0 fully saturated rings. The van der Waals surface area contributed by atoms with Crippen molar-refractivity contribution < 1.29 is 26.5 Å². The molecule has 0 atom stereocenters. The second kappa shape index (κ2) is 4.76. The lowest BCUT2D eigenvalue weighted by Crippen LogP contribution is -3.00. The van der Waals surface area contributed by atoms with Gasteiger partial charge in [-0.15, -0.1) is 0 Å². The lowest BCUT2D eigenvalue weighted by Gasteiger charge is -2.02. The fraction of sp³-hybridized carbons (Fsp3) is 0. The molecule has 1 N–H and O–H groups in total. The van der Waals surface area contributed by atoms with Crippen molar-refractivity contribution in [3.63, 3.8) is 0 Å². The van der Waals surface area contributed by atoms with Gasteiger partial charge in [0.25, 0.3) is 0 Å². The van der Waals surface area contributed by atoms with Gasteiger partial charge in [-0.1, -0.05) is 30.3 Å². The Bertz CT molecular complexity index is 934. The summed E-state index contributed by atoms with van der Waals surface area (Å²) >= 11 is 0. The van der Waals surface area contributed by atoms with E-state index in [1.54, 1.807) is 6.07 Å². The number of phenolic OH excluding ortho intramolecular Hbond substituents is 1. The normalized spacial score (nSPS) is 10.8. The zero-order valence-electron chi connectivity index (χ0n) is 10.6. The molecule has 0 aliphatic carbocycles. The van der Waals surface area contributed by atoms with Crippen molar-refractivity contribution in [2.75, 3.05) is 0 Å². The molecule has 4 aromatic rings. The number of aromatic hydroxyl groups is 1. The molecule has 98 valence electrons. The minimum absolute atomic E-state index is 0. The van der Waals surface area contributed by atoms with Crippen LogP contribution < -0.4 is 21.4 Å². The molecule has 0 radical (unpaired) electrons. The standard InChI is InChI=1S/C17H11NO.BrH/c19-17-7-3-5-13-10-16-14-6-2-1-4-12(14)8-9-18(16)11-15(13)17;/h1-11H;1H. The van der Waals surface area contributed by atoms with Gasteiger partial charge in [0, 0.05) is 12.1 Å². The van der Waals surface area contributed by atoms with Crippen molar-refractivity contribution >= 4 is 27.1 Å². The highest BCUT2D eigenvalue weighted by Crippen LogP contribution is 2.25. The number of nitrogens with zero attached hydrogens (tertiary/aromatic N) is 1. The van der Waals surface area contributed by atoms with E-state index >= 15 is 0 Å². The molecule has 0 saturated heterocycles. The summed E-state index contributed by atoms with van der Waals surface area (Å²) in [6.45, 7) is 0. The maximum atomic E-state index is 9.93. The van der Waals surface area contributed by atoms with Gasteiger partial charge in [0.1, 0.15) is 5.75 Å². The van der Waals surface area contributed by atoms with Crippen LogP contribution in [-0.4, -0.2) is 5.11 Å². The summed E-state index contributed by atoms with van der Waals surface area (Å²) < 4.78 is 2.06. The van der Waals surface area contributed by atoms with E-state index < -0.39 is 0 Å². The number of fused-ring (bicyclic) bond motifs is 4. The predicted octanol–water partition coefficient (Wildman–Crippen LogP) is 0.441. The van der Waals surface area contributed by atoms with Crippen LogP contribution in [0.4, 0.5) is 0 Å². The Morgan fingerprint density at radius 3 is 2.50 bits per heavy atom. The summed E-state index contributed by atoms with van der Waals surface area (Å²) in [7, 11) is 0. The van der Waals surface area contributed by atoms with Gasteiger partial charge in [-0.2, -0.15) is 4.40 Å². The van der Waals surface area contributed by atoms with E-state index in [1.165, 1.54) is 10.8 Å². The molecule has 20 heavy (non-hydrogen) atoms. The van der Waals surface area contributed by atoms with Gasteiger partial charge in [-0.25, -0.2) is 0 Å². The van der Waals surface area contributed by atoms with Crippen molar-refractivity contribution in [1.82, 2.24) is 0 Å². The van der Waals surface area contributed by atoms with Crippen molar-refractivity contribution in [2.24, 2.45) is 0 Å². The number of hydrogen-bond acceptors (Lipinski definition) is 1. The van der Waals surface area contributed by atoms with E-state index in [0.29, 0.717) is 5.75 Å². The third-order valence-electron chi connectivity index (χ3n) is 3.61. The molecule has 0 unspecified atom stereocenters. The molecular formula is C17H12BrNO. The van der Waals surface area contributed by atoms with Crippen LogP contribution in [0.15, 0.2) is 67.0 Å². The van der Waals surface area contributed by atoms with E-state index in [9.17, 15) is 5.11 Å². The molecule has 0 saturated carbocycles. The van der Waals surface area contributed by atoms with Crippen LogP contribution in [0.1, 0.15) is 0 Å². The van der Waals surface area contributed by atoms with Gasteiger partial charge in [-0.3, -0.25) is 0 Å². The van der Waals surface area contributed by atoms with Gasteiger partial charge in [-0.05, 0) is 22.9 Å². The predicted molar refractivity (Wildman–Crippen MR) is 76.3 cm³/mol. The largest absolute Gasteiger partial charge is 1.00 e. The molecule has 2 heterocycles. The third kappa shape index (κ3) is 1.82. The first-order valence-corrected chi connectivity index (χ1v) is 6.27. The first-order chi connectivity index (χ1) is 9.33.